The molecule has 1 amide bonds. The third-order valence-electron chi connectivity index (χ3n) is 2.07. The lowest BCUT2D eigenvalue weighted by molar-refractivity contribution is -0.143. The first kappa shape index (κ1) is 9.68. The molecule has 0 saturated carbocycles. The molecule has 0 radical (unpaired) electrons. The Hall–Kier alpha value is -1.41. The van der Waals surface area contributed by atoms with Crippen LogP contribution in [0.2, 0.25) is 0 Å². The molecule has 0 aromatic rings. The molecule has 0 aromatic heterocycles. The summed E-state index contributed by atoms with van der Waals surface area (Å²) in [6, 6.07) is 1.47. The van der Waals surface area contributed by atoms with Crippen molar-refractivity contribution in [3.05, 3.63) is 0 Å². The lowest BCUT2D eigenvalue weighted by Crippen LogP contribution is -2.42. The van der Waals surface area contributed by atoms with Gasteiger partial charge in [0.05, 0.1) is 6.07 Å². The molecule has 0 aliphatic carbocycles. The fourth-order valence-electron chi connectivity index (χ4n) is 1.39. The number of aliphatic hydroxyl groups excluding tert-OH is 1. The maximum Gasteiger partial charge on any atom is 0.259 e. The first-order chi connectivity index (χ1) is 6.20. The highest BCUT2D eigenvalue weighted by molar-refractivity contribution is 5.94. The molecule has 1 N–H and O–H groups in total. The largest absolute Gasteiger partial charge is 0.376 e. The lowest BCUT2D eigenvalue weighted by Gasteiger charge is -2.19. The Balaban J connectivity index is 2.66. The van der Waals surface area contributed by atoms with Gasteiger partial charge in [0.1, 0.15) is 6.04 Å². The highest BCUT2D eigenvalue weighted by Gasteiger charge is 2.31. The van der Waals surface area contributed by atoms with E-state index in [0.29, 0.717) is 13.0 Å². The molecule has 5 nitrogen and oxygen atoms in total. The second-order valence-electron chi connectivity index (χ2n) is 2.90. The summed E-state index contributed by atoms with van der Waals surface area (Å²) in [7, 11) is 0. The third kappa shape index (κ3) is 1.84. The van der Waals surface area contributed by atoms with Crippen molar-refractivity contribution in [2.75, 3.05) is 6.54 Å². The molecule has 2 atom stereocenters. The number of carbonyl (C=O) groups is 2. The Morgan fingerprint density at radius 1 is 1.77 bits per heavy atom. The number of amides is 1. The fourth-order valence-corrected chi connectivity index (χ4v) is 1.39. The molecular weight excluding hydrogens is 172 g/mol. The summed E-state index contributed by atoms with van der Waals surface area (Å²) < 4.78 is 0. The van der Waals surface area contributed by atoms with Gasteiger partial charge in [0.15, 0.2) is 12.4 Å². The number of carbonyl (C=O) groups excluding carboxylic acids is 2. The molecular formula is C8H10N2O3. The molecule has 1 aliphatic rings. The summed E-state index contributed by atoms with van der Waals surface area (Å²) in [5.41, 5.74) is 0. The quantitative estimate of drug-likeness (QED) is 0.441. The Kier molecular flexibility index (Phi) is 2.98. The maximum atomic E-state index is 11.2. The minimum Gasteiger partial charge on any atom is -0.376 e. The van der Waals surface area contributed by atoms with Crippen molar-refractivity contribution in [1.82, 2.24) is 4.90 Å². The van der Waals surface area contributed by atoms with E-state index in [2.05, 4.69) is 0 Å². The van der Waals surface area contributed by atoms with E-state index < -0.39 is 18.1 Å². The molecule has 1 saturated heterocycles. The molecule has 2 unspecified atom stereocenters. The van der Waals surface area contributed by atoms with Crippen molar-refractivity contribution >= 4 is 12.2 Å². The Bertz CT molecular complexity index is 259. The number of hydrogen-bond donors (Lipinski definition) is 1. The summed E-state index contributed by atoms with van der Waals surface area (Å²) in [6.07, 6.45) is -0.0766. The molecule has 5 heteroatoms. The van der Waals surface area contributed by atoms with Crippen LogP contribution in [0.4, 0.5) is 0 Å². The van der Waals surface area contributed by atoms with Gasteiger partial charge in [-0.2, -0.15) is 5.26 Å². The van der Waals surface area contributed by atoms with E-state index in [1.165, 1.54) is 4.90 Å². The van der Waals surface area contributed by atoms with Crippen LogP contribution in [0.15, 0.2) is 0 Å². The maximum absolute atomic E-state index is 11.2. The topological polar surface area (TPSA) is 81.4 Å². The standard InChI is InChI=1S/C8H10N2O3/c9-4-6-2-1-3-10(6)8(13)7(12)5-11/h5-7,12H,1-3H2. The van der Waals surface area contributed by atoms with Crippen LogP contribution in [-0.4, -0.2) is 40.9 Å². The van der Waals surface area contributed by atoms with Crippen molar-refractivity contribution in [2.24, 2.45) is 0 Å². The van der Waals surface area contributed by atoms with Gasteiger partial charge in [-0.15, -0.1) is 0 Å². The number of aliphatic hydroxyl groups is 1. The molecule has 1 fully saturated rings. The normalized spacial score (nSPS) is 23.7. The average Bonchev–Trinajstić information content (AvgIpc) is 2.62. The van der Waals surface area contributed by atoms with E-state index in [1.807, 2.05) is 6.07 Å². The minimum absolute atomic E-state index is 0.176. The van der Waals surface area contributed by atoms with Gasteiger partial charge < -0.3 is 10.0 Å². The third-order valence-corrected chi connectivity index (χ3v) is 2.07. The van der Waals surface area contributed by atoms with E-state index in [1.54, 1.807) is 0 Å². The van der Waals surface area contributed by atoms with Gasteiger partial charge in [-0.05, 0) is 12.8 Å². The summed E-state index contributed by atoms with van der Waals surface area (Å²) in [5, 5.41) is 17.6. The number of hydrogen-bond acceptors (Lipinski definition) is 4. The highest BCUT2D eigenvalue weighted by Crippen LogP contribution is 2.16. The Morgan fingerprint density at radius 3 is 3.00 bits per heavy atom. The molecule has 1 aliphatic heterocycles. The van der Waals surface area contributed by atoms with Crippen LogP contribution in [0.5, 0.6) is 0 Å². The molecule has 0 spiro atoms. The van der Waals surface area contributed by atoms with Crippen LogP contribution in [0.1, 0.15) is 12.8 Å². The van der Waals surface area contributed by atoms with Gasteiger partial charge in [0, 0.05) is 6.54 Å². The average molecular weight is 182 g/mol. The highest BCUT2D eigenvalue weighted by atomic mass is 16.3. The lowest BCUT2D eigenvalue weighted by atomic mass is 10.2. The van der Waals surface area contributed by atoms with Gasteiger partial charge in [0.25, 0.3) is 5.91 Å². The van der Waals surface area contributed by atoms with E-state index in [-0.39, 0.29) is 6.29 Å². The zero-order chi connectivity index (χ0) is 9.84. The first-order valence-electron chi connectivity index (χ1n) is 4.04. The number of nitriles is 1. The van der Waals surface area contributed by atoms with Crippen LogP contribution < -0.4 is 0 Å². The van der Waals surface area contributed by atoms with E-state index in [4.69, 9.17) is 10.4 Å². The predicted octanol–water partition coefficient (Wildman–Crippen LogP) is -0.939. The van der Waals surface area contributed by atoms with Gasteiger partial charge >= 0.3 is 0 Å². The smallest absolute Gasteiger partial charge is 0.259 e. The van der Waals surface area contributed by atoms with Crippen LogP contribution in [0.3, 0.4) is 0 Å². The predicted molar refractivity (Wildman–Crippen MR) is 42.4 cm³/mol. The molecule has 1 rings (SSSR count). The Labute approximate surface area is 75.6 Å². The fraction of sp³-hybridized carbons (Fsp3) is 0.625. The van der Waals surface area contributed by atoms with Gasteiger partial charge in [-0.3, -0.25) is 9.59 Å². The molecule has 1 heterocycles. The van der Waals surface area contributed by atoms with Gasteiger partial charge in [0.2, 0.25) is 0 Å². The first-order valence-corrected chi connectivity index (χ1v) is 4.04. The molecule has 13 heavy (non-hydrogen) atoms. The molecule has 0 aromatic carbocycles. The van der Waals surface area contributed by atoms with Crippen molar-refractivity contribution in [2.45, 2.75) is 25.0 Å². The summed E-state index contributed by atoms with van der Waals surface area (Å²) in [6.45, 7) is 0.446. The van der Waals surface area contributed by atoms with E-state index >= 15 is 0 Å². The minimum atomic E-state index is -1.62. The van der Waals surface area contributed by atoms with E-state index in [9.17, 15) is 9.59 Å². The van der Waals surface area contributed by atoms with Crippen molar-refractivity contribution in [3.63, 3.8) is 0 Å². The molecule has 70 valence electrons. The zero-order valence-corrected chi connectivity index (χ0v) is 7.01. The van der Waals surface area contributed by atoms with Gasteiger partial charge in [-0.1, -0.05) is 0 Å². The monoisotopic (exact) mass is 182 g/mol. The number of aldehydes is 1. The van der Waals surface area contributed by atoms with Gasteiger partial charge in [-0.25, -0.2) is 0 Å². The summed E-state index contributed by atoms with van der Waals surface area (Å²) in [4.78, 5) is 22.6. The van der Waals surface area contributed by atoms with Crippen LogP contribution in [0, 0.1) is 11.3 Å². The van der Waals surface area contributed by atoms with Crippen molar-refractivity contribution in [1.29, 1.82) is 5.26 Å². The Morgan fingerprint density at radius 2 is 2.46 bits per heavy atom. The number of rotatable bonds is 2. The van der Waals surface area contributed by atoms with Crippen LogP contribution >= 0.6 is 0 Å². The van der Waals surface area contributed by atoms with Crippen molar-refractivity contribution in [3.8, 4) is 6.07 Å². The SMILES string of the molecule is N#CC1CCCN1C(=O)C(O)C=O. The summed E-state index contributed by atoms with van der Waals surface area (Å²) in [5.74, 6) is -0.668. The van der Waals surface area contributed by atoms with E-state index in [0.717, 1.165) is 6.42 Å². The second kappa shape index (κ2) is 4.01. The number of likely N-dealkylation sites (tertiary alicyclic amines) is 1. The van der Waals surface area contributed by atoms with Crippen LogP contribution in [0.25, 0.3) is 0 Å². The van der Waals surface area contributed by atoms with Crippen LogP contribution in [-0.2, 0) is 9.59 Å². The second-order valence-corrected chi connectivity index (χ2v) is 2.90. The zero-order valence-electron chi connectivity index (χ0n) is 7.01. The summed E-state index contributed by atoms with van der Waals surface area (Å²) >= 11 is 0. The van der Waals surface area contributed by atoms with Crippen molar-refractivity contribution < 1.29 is 14.7 Å². The number of nitrogens with zero attached hydrogens (tertiary/aromatic N) is 2. The molecule has 0 bridgehead atoms.